The molecule has 0 fully saturated rings. The summed E-state index contributed by atoms with van der Waals surface area (Å²) in [6, 6.07) is 9.92. The predicted molar refractivity (Wildman–Crippen MR) is 80.8 cm³/mol. The van der Waals surface area contributed by atoms with Crippen LogP contribution in [0.15, 0.2) is 42.6 Å². The summed E-state index contributed by atoms with van der Waals surface area (Å²) < 4.78 is 13.4. The van der Waals surface area contributed by atoms with E-state index in [9.17, 15) is 9.18 Å². The first-order valence-electron chi connectivity index (χ1n) is 6.92. The Bertz CT molecular complexity index is 616. The molecule has 1 heterocycles. The smallest absolute Gasteiger partial charge is 0.251 e. The summed E-state index contributed by atoms with van der Waals surface area (Å²) in [6.45, 7) is 3.09. The first kappa shape index (κ1) is 15.0. The summed E-state index contributed by atoms with van der Waals surface area (Å²) in [4.78, 5) is 16.1. The lowest BCUT2D eigenvalue weighted by Gasteiger charge is -2.07. The van der Waals surface area contributed by atoms with E-state index in [2.05, 4.69) is 15.6 Å². The summed E-state index contributed by atoms with van der Waals surface area (Å²) >= 11 is 0. The van der Waals surface area contributed by atoms with E-state index in [1.54, 1.807) is 36.5 Å². The fourth-order valence-corrected chi connectivity index (χ4v) is 1.96. The Labute approximate surface area is 123 Å². The Hall–Kier alpha value is -2.43. The number of aromatic nitrogens is 1. The highest BCUT2D eigenvalue weighted by molar-refractivity contribution is 5.94. The van der Waals surface area contributed by atoms with Crippen molar-refractivity contribution in [2.75, 3.05) is 18.4 Å². The van der Waals surface area contributed by atoms with Crippen LogP contribution in [0, 0.1) is 5.82 Å². The molecule has 5 heteroatoms. The van der Waals surface area contributed by atoms with Crippen molar-refractivity contribution >= 4 is 11.7 Å². The maximum absolute atomic E-state index is 13.4. The van der Waals surface area contributed by atoms with E-state index in [0.29, 0.717) is 29.9 Å². The van der Waals surface area contributed by atoms with Gasteiger partial charge in [-0.05, 0) is 37.1 Å². The summed E-state index contributed by atoms with van der Waals surface area (Å²) in [5, 5.41) is 5.83. The number of anilines is 1. The zero-order chi connectivity index (χ0) is 15.1. The number of carbonyl (C=O) groups is 1. The third-order valence-electron chi connectivity index (χ3n) is 3.02. The molecule has 0 radical (unpaired) electrons. The molecule has 1 aromatic carbocycles. The number of hydrogen-bond acceptors (Lipinski definition) is 3. The normalized spacial score (nSPS) is 10.2. The number of benzene rings is 1. The van der Waals surface area contributed by atoms with Crippen molar-refractivity contribution in [3.05, 3.63) is 59.5 Å². The van der Waals surface area contributed by atoms with Crippen molar-refractivity contribution in [2.45, 2.75) is 13.3 Å². The molecule has 2 N–H and O–H groups in total. The van der Waals surface area contributed by atoms with E-state index < -0.39 is 0 Å². The van der Waals surface area contributed by atoms with Gasteiger partial charge in [-0.3, -0.25) is 4.79 Å². The number of rotatable bonds is 6. The minimum Gasteiger partial charge on any atom is -0.370 e. The van der Waals surface area contributed by atoms with Gasteiger partial charge < -0.3 is 10.6 Å². The van der Waals surface area contributed by atoms with Crippen molar-refractivity contribution in [3.8, 4) is 0 Å². The molecule has 0 spiro atoms. The van der Waals surface area contributed by atoms with Crippen molar-refractivity contribution in [1.82, 2.24) is 10.3 Å². The first-order chi connectivity index (χ1) is 10.2. The van der Waals surface area contributed by atoms with Crippen LogP contribution in [-0.2, 0) is 6.42 Å². The largest absolute Gasteiger partial charge is 0.370 e. The van der Waals surface area contributed by atoms with Crippen molar-refractivity contribution in [2.24, 2.45) is 0 Å². The number of carbonyl (C=O) groups excluding carboxylic acids is 1. The van der Waals surface area contributed by atoms with Crippen LogP contribution in [0.1, 0.15) is 22.8 Å². The maximum Gasteiger partial charge on any atom is 0.251 e. The van der Waals surface area contributed by atoms with E-state index in [-0.39, 0.29) is 11.7 Å². The van der Waals surface area contributed by atoms with Crippen LogP contribution in [0.2, 0.25) is 0 Å². The fourth-order valence-electron chi connectivity index (χ4n) is 1.96. The van der Waals surface area contributed by atoms with E-state index in [0.717, 1.165) is 6.54 Å². The van der Waals surface area contributed by atoms with Gasteiger partial charge in [0.1, 0.15) is 11.6 Å². The zero-order valence-corrected chi connectivity index (χ0v) is 11.9. The second kappa shape index (κ2) is 7.38. The average Bonchev–Trinajstić information content (AvgIpc) is 2.50. The lowest BCUT2D eigenvalue weighted by molar-refractivity contribution is 0.0954. The molecule has 2 rings (SSSR count). The highest BCUT2D eigenvalue weighted by atomic mass is 19.1. The van der Waals surface area contributed by atoms with Gasteiger partial charge >= 0.3 is 0 Å². The van der Waals surface area contributed by atoms with Crippen LogP contribution in [0.4, 0.5) is 10.2 Å². The molecule has 4 nitrogen and oxygen atoms in total. The number of nitrogens with zero attached hydrogens (tertiary/aromatic N) is 1. The molecular formula is C16H18FN3O. The molecule has 0 aliphatic rings. The van der Waals surface area contributed by atoms with Crippen LogP contribution in [-0.4, -0.2) is 24.0 Å². The number of pyridine rings is 1. The third kappa shape index (κ3) is 4.27. The third-order valence-corrected chi connectivity index (χ3v) is 3.02. The second-order valence-electron chi connectivity index (χ2n) is 4.56. The number of amides is 1. The Balaban J connectivity index is 1.90. The topological polar surface area (TPSA) is 54.0 Å². The molecule has 0 bridgehead atoms. The number of nitrogens with one attached hydrogen (secondary N) is 2. The predicted octanol–water partition coefficient (Wildman–Crippen LogP) is 2.63. The van der Waals surface area contributed by atoms with Crippen LogP contribution in [0.3, 0.4) is 0 Å². The first-order valence-corrected chi connectivity index (χ1v) is 6.92. The van der Waals surface area contributed by atoms with Gasteiger partial charge in [0.05, 0.1) is 0 Å². The quantitative estimate of drug-likeness (QED) is 0.858. The standard InChI is InChI=1S/C16H18FN3O/c1-2-18-15-11-13(8-9-19-15)16(21)20-10-7-12-5-3-4-6-14(12)17/h3-6,8-9,11H,2,7,10H2,1H3,(H,18,19)(H,20,21). The zero-order valence-electron chi connectivity index (χ0n) is 11.9. The fraction of sp³-hybridized carbons (Fsp3) is 0.250. The molecule has 0 aliphatic carbocycles. The summed E-state index contributed by atoms with van der Waals surface area (Å²) in [7, 11) is 0. The summed E-state index contributed by atoms with van der Waals surface area (Å²) in [5.74, 6) is 0.234. The van der Waals surface area contributed by atoms with Gasteiger partial charge in [0.2, 0.25) is 0 Å². The minimum absolute atomic E-state index is 0.187. The highest BCUT2D eigenvalue weighted by Crippen LogP contribution is 2.08. The molecule has 1 aromatic heterocycles. The van der Waals surface area contributed by atoms with Crippen molar-refractivity contribution in [1.29, 1.82) is 0 Å². The van der Waals surface area contributed by atoms with Crippen LogP contribution < -0.4 is 10.6 Å². The Morgan fingerprint density at radius 2 is 2.10 bits per heavy atom. The van der Waals surface area contributed by atoms with Gasteiger partial charge in [0.25, 0.3) is 5.91 Å². The van der Waals surface area contributed by atoms with E-state index in [1.165, 1.54) is 6.07 Å². The maximum atomic E-state index is 13.4. The van der Waals surface area contributed by atoms with E-state index >= 15 is 0 Å². The Morgan fingerprint density at radius 3 is 2.86 bits per heavy atom. The summed E-state index contributed by atoms with van der Waals surface area (Å²) in [6.07, 6.45) is 2.05. The summed E-state index contributed by atoms with van der Waals surface area (Å²) in [5.41, 5.74) is 1.13. The lowest BCUT2D eigenvalue weighted by atomic mass is 10.1. The van der Waals surface area contributed by atoms with Crippen LogP contribution in [0.25, 0.3) is 0 Å². The monoisotopic (exact) mass is 287 g/mol. The number of hydrogen-bond donors (Lipinski definition) is 2. The van der Waals surface area contributed by atoms with Gasteiger partial charge in [0, 0.05) is 24.8 Å². The van der Waals surface area contributed by atoms with Gasteiger partial charge in [0.15, 0.2) is 0 Å². The molecule has 1 amide bonds. The van der Waals surface area contributed by atoms with Gasteiger partial charge in [-0.2, -0.15) is 0 Å². The molecule has 0 aliphatic heterocycles. The second-order valence-corrected chi connectivity index (χ2v) is 4.56. The molecule has 0 saturated heterocycles. The molecule has 0 unspecified atom stereocenters. The SMILES string of the molecule is CCNc1cc(C(=O)NCCc2ccccc2F)ccn1. The van der Waals surface area contributed by atoms with E-state index in [4.69, 9.17) is 0 Å². The highest BCUT2D eigenvalue weighted by Gasteiger charge is 2.07. The molecular weight excluding hydrogens is 269 g/mol. The van der Waals surface area contributed by atoms with E-state index in [1.807, 2.05) is 6.92 Å². The number of halogens is 1. The molecule has 21 heavy (non-hydrogen) atoms. The van der Waals surface area contributed by atoms with Crippen molar-refractivity contribution < 1.29 is 9.18 Å². The van der Waals surface area contributed by atoms with Crippen molar-refractivity contribution in [3.63, 3.8) is 0 Å². The minimum atomic E-state index is -0.245. The van der Waals surface area contributed by atoms with Gasteiger partial charge in [-0.1, -0.05) is 18.2 Å². The van der Waals surface area contributed by atoms with Gasteiger partial charge in [-0.15, -0.1) is 0 Å². The Morgan fingerprint density at radius 1 is 1.29 bits per heavy atom. The molecule has 0 saturated carbocycles. The van der Waals surface area contributed by atoms with Crippen LogP contribution in [0.5, 0.6) is 0 Å². The van der Waals surface area contributed by atoms with Crippen LogP contribution >= 0.6 is 0 Å². The lowest BCUT2D eigenvalue weighted by Crippen LogP contribution is -2.26. The van der Waals surface area contributed by atoms with Gasteiger partial charge in [-0.25, -0.2) is 9.37 Å². The average molecular weight is 287 g/mol. The molecule has 2 aromatic rings. The Kier molecular flexibility index (Phi) is 5.26. The molecule has 110 valence electrons. The molecule has 0 atom stereocenters.